The number of fused-ring (bicyclic) bond motifs is 4. The van der Waals surface area contributed by atoms with Gasteiger partial charge >= 0.3 is 19.3 Å². The monoisotopic (exact) mass is 719 g/mol. The molecule has 8 atom stereocenters. The van der Waals surface area contributed by atoms with Gasteiger partial charge in [0.05, 0.1) is 42.5 Å². The summed E-state index contributed by atoms with van der Waals surface area (Å²) in [5, 5.41) is 11.9. The summed E-state index contributed by atoms with van der Waals surface area (Å²) >= 11 is 0. The molecule has 2 saturated carbocycles. The van der Waals surface area contributed by atoms with Crippen LogP contribution in [0.3, 0.4) is 0 Å². The van der Waals surface area contributed by atoms with E-state index in [9.17, 15) is 19.2 Å². The molecule has 2 aliphatic carbocycles. The molecule has 13 nitrogen and oxygen atoms in total. The number of nitrogens with one attached hydrogen (secondary N) is 1. The highest BCUT2D eigenvalue weighted by atomic mass is 16.7. The fourth-order valence-corrected chi connectivity index (χ4v) is 9.40. The first-order chi connectivity index (χ1) is 24.8. The van der Waals surface area contributed by atoms with Crippen molar-refractivity contribution in [1.82, 2.24) is 20.0 Å². The summed E-state index contributed by atoms with van der Waals surface area (Å²) in [7, 11) is -0.687. The van der Waals surface area contributed by atoms with Crippen LogP contribution in [0.15, 0.2) is 30.3 Å². The van der Waals surface area contributed by atoms with Crippen LogP contribution in [0.5, 0.6) is 0 Å². The predicted molar refractivity (Wildman–Crippen MR) is 192 cm³/mol. The van der Waals surface area contributed by atoms with E-state index in [-0.39, 0.29) is 54.3 Å². The molecule has 3 heterocycles. The zero-order chi connectivity index (χ0) is 37.3. The largest absolute Gasteiger partial charge is 0.482 e. The highest BCUT2D eigenvalue weighted by molar-refractivity contribution is 6.48. The van der Waals surface area contributed by atoms with E-state index in [4.69, 9.17) is 24.0 Å². The molecule has 0 radical (unpaired) electrons. The zero-order valence-corrected chi connectivity index (χ0v) is 31.3. The summed E-state index contributed by atoms with van der Waals surface area (Å²) in [5.74, 6) is -0.0380. The highest BCUT2D eigenvalue weighted by Crippen LogP contribution is 2.68. The molecule has 6 rings (SSSR count). The maximum Gasteiger partial charge on any atom is 0.482 e. The van der Waals surface area contributed by atoms with Gasteiger partial charge in [-0.1, -0.05) is 44.2 Å². The van der Waals surface area contributed by atoms with Crippen LogP contribution in [0.25, 0.3) is 0 Å². The Kier molecular flexibility index (Phi) is 11.2. The molecule has 52 heavy (non-hydrogen) atoms. The number of carbonyl (C=O) groups excluding carboxylic acids is 4. The Labute approximate surface area is 307 Å². The normalized spacial score (nSPS) is 31.1. The third-order valence-corrected chi connectivity index (χ3v) is 13.1. The number of carbonyl (C=O) groups is 4. The topological polar surface area (TPSA) is 151 Å². The summed E-state index contributed by atoms with van der Waals surface area (Å²) in [6, 6.07) is 11.8. The highest BCUT2D eigenvalue weighted by Gasteiger charge is 2.71. The van der Waals surface area contributed by atoms with Crippen molar-refractivity contribution in [3.8, 4) is 6.07 Å². The van der Waals surface area contributed by atoms with E-state index in [0.717, 1.165) is 24.7 Å². The molecule has 5 fully saturated rings. The van der Waals surface area contributed by atoms with Crippen molar-refractivity contribution in [3.63, 3.8) is 0 Å². The molecule has 1 aromatic rings. The SMILES string of the molecule is CC(COC(=O)N1CCN(C(C)(C)C=O)CC1)C1(C)[C@@H]2C[C@H]3OB([C@H](Cc4ccccc4)NC(=O)OC[C@H]4CCN(C(=O)CC#N)C4)O[C@@]3(C)[C@H]1C2. The summed E-state index contributed by atoms with van der Waals surface area (Å²) < 4.78 is 25.1. The molecule has 14 heteroatoms. The molecule has 3 saturated heterocycles. The molecule has 1 N–H and O–H groups in total. The number of nitrogens with zero attached hydrogens (tertiary/aromatic N) is 4. The number of piperazine rings is 1. The number of hydrogen-bond acceptors (Lipinski definition) is 10. The quantitative estimate of drug-likeness (QED) is 0.250. The molecule has 5 aliphatic rings. The maximum atomic E-state index is 13.2. The van der Waals surface area contributed by atoms with Gasteiger partial charge in [0.1, 0.15) is 12.7 Å². The van der Waals surface area contributed by atoms with Crippen molar-refractivity contribution in [2.75, 3.05) is 52.5 Å². The van der Waals surface area contributed by atoms with Crippen molar-refractivity contribution in [1.29, 1.82) is 5.26 Å². The number of likely N-dealkylation sites (tertiary alicyclic amines) is 1. The molecular formula is C38H54BN5O8. The Balaban J connectivity index is 1.05. The van der Waals surface area contributed by atoms with Crippen LogP contribution >= 0.6 is 0 Å². The second-order valence-corrected chi connectivity index (χ2v) is 16.5. The lowest BCUT2D eigenvalue weighted by molar-refractivity contribution is -0.231. The van der Waals surface area contributed by atoms with Crippen molar-refractivity contribution in [3.05, 3.63) is 35.9 Å². The van der Waals surface area contributed by atoms with Gasteiger partial charge in [0.15, 0.2) is 0 Å². The van der Waals surface area contributed by atoms with Crippen LogP contribution < -0.4 is 5.32 Å². The lowest BCUT2D eigenvalue weighted by Gasteiger charge is -2.67. The third kappa shape index (κ3) is 7.55. The van der Waals surface area contributed by atoms with Crippen molar-refractivity contribution in [2.24, 2.45) is 29.1 Å². The van der Waals surface area contributed by atoms with Crippen molar-refractivity contribution < 1.29 is 38.0 Å². The second kappa shape index (κ2) is 15.4. The Bertz CT molecular complexity index is 1520. The molecule has 0 aromatic heterocycles. The standard InChI is InChI=1S/C38H54BN5O8/c1-26(23-50-35(48)42-15-17-44(18-16-42)36(2,3)25-45)37(4)29-20-30(37)38(5)31(21-29)51-39(52-38)32(19-27-9-7-6-8-10-27)41-34(47)49-24-28-12-14-43(22-28)33(46)11-13-40/h6-10,25-26,28-32H,11-12,14-24H2,1-5H3,(H,41,47)/t26?,28-,29-,30-,31+,32-,37?,38-/m0/s1. The summed E-state index contributed by atoms with van der Waals surface area (Å²) in [4.78, 5) is 55.4. The molecule has 0 spiro atoms. The zero-order valence-electron chi connectivity index (χ0n) is 31.3. The van der Waals surface area contributed by atoms with E-state index in [0.29, 0.717) is 64.6 Å². The van der Waals surface area contributed by atoms with E-state index in [2.05, 4.69) is 31.0 Å². The average molecular weight is 720 g/mol. The van der Waals surface area contributed by atoms with E-state index < -0.39 is 30.3 Å². The van der Waals surface area contributed by atoms with E-state index in [1.807, 2.05) is 50.2 Å². The van der Waals surface area contributed by atoms with Gasteiger partial charge in [-0.25, -0.2) is 9.59 Å². The van der Waals surface area contributed by atoms with Crippen LogP contribution in [0, 0.1) is 40.4 Å². The van der Waals surface area contributed by atoms with Crippen molar-refractivity contribution >= 4 is 31.5 Å². The molecule has 3 amide bonds. The van der Waals surface area contributed by atoms with E-state index in [1.54, 1.807) is 9.80 Å². The first kappa shape index (κ1) is 38.1. The molecular weight excluding hydrogens is 665 g/mol. The minimum atomic E-state index is -0.687. The molecule has 1 aromatic carbocycles. The van der Waals surface area contributed by atoms with Gasteiger partial charge in [-0.15, -0.1) is 0 Å². The molecule has 282 valence electrons. The van der Waals surface area contributed by atoms with E-state index in [1.165, 1.54) is 0 Å². The lowest BCUT2D eigenvalue weighted by Crippen LogP contribution is -2.68. The van der Waals surface area contributed by atoms with Gasteiger partial charge < -0.3 is 38.7 Å². The average Bonchev–Trinajstić information content (AvgIpc) is 3.77. The Morgan fingerprint density at radius 3 is 2.52 bits per heavy atom. The van der Waals surface area contributed by atoms with Gasteiger partial charge in [-0.2, -0.15) is 5.26 Å². The van der Waals surface area contributed by atoms with Gasteiger partial charge in [0.2, 0.25) is 5.91 Å². The summed E-state index contributed by atoms with van der Waals surface area (Å²) in [5.41, 5.74) is -0.233. The van der Waals surface area contributed by atoms with Crippen LogP contribution in [-0.4, -0.2) is 122 Å². The first-order valence-electron chi connectivity index (χ1n) is 18.9. The van der Waals surface area contributed by atoms with Gasteiger partial charge in [-0.05, 0) is 75.2 Å². The number of aldehydes is 1. The Hall–Kier alpha value is -3.67. The first-order valence-corrected chi connectivity index (χ1v) is 18.9. The fraction of sp³-hybridized carbons (Fsp3) is 0.711. The Morgan fingerprint density at radius 1 is 1.10 bits per heavy atom. The Morgan fingerprint density at radius 2 is 1.83 bits per heavy atom. The fourth-order valence-electron chi connectivity index (χ4n) is 9.40. The number of amides is 3. The number of nitriles is 1. The van der Waals surface area contributed by atoms with Crippen LogP contribution in [0.4, 0.5) is 9.59 Å². The minimum Gasteiger partial charge on any atom is -0.449 e. The van der Waals surface area contributed by atoms with E-state index >= 15 is 0 Å². The van der Waals surface area contributed by atoms with Crippen LogP contribution in [0.2, 0.25) is 0 Å². The number of alkyl carbamates (subject to hydrolysis) is 1. The number of rotatable bonds is 12. The van der Waals surface area contributed by atoms with Crippen LogP contribution in [-0.2, 0) is 34.8 Å². The molecule has 2 bridgehead atoms. The van der Waals surface area contributed by atoms with Crippen molar-refractivity contribution in [2.45, 2.75) is 89.9 Å². The smallest absolute Gasteiger partial charge is 0.449 e. The van der Waals surface area contributed by atoms with Gasteiger partial charge in [-0.3, -0.25) is 9.69 Å². The predicted octanol–water partition coefficient (Wildman–Crippen LogP) is 3.70. The molecule has 2 unspecified atom stereocenters. The third-order valence-electron chi connectivity index (χ3n) is 13.1. The number of benzene rings is 1. The minimum absolute atomic E-state index is 0.0125. The van der Waals surface area contributed by atoms with Crippen LogP contribution in [0.1, 0.15) is 65.9 Å². The van der Waals surface area contributed by atoms with Gasteiger partial charge in [0, 0.05) is 45.2 Å². The summed E-state index contributed by atoms with van der Waals surface area (Å²) in [6.45, 7) is 14.2. The number of ether oxygens (including phenoxy) is 2. The number of hydrogen-bond donors (Lipinski definition) is 1. The maximum absolute atomic E-state index is 13.2. The summed E-state index contributed by atoms with van der Waals surface area (Å²) in [6.07, 6.45) is 2.82. The molecule has 3 aliphatic heterocycles. The van der Waals surface area contributed by atoms with Gasteiger partial charge in [0.25, 0.3) is 0 Å². The second-order valence-electron chi connectivity index (χ2n) is 16.5. The lowest BCUT2D eigenvalue weighted by atomic mass is 9.40.